The predicted octanol–water partition coefficient (Wildman–Crippen LogP) is 3.05. The quantitative estimate of drug-likeness (QED) is 0.459. The molecule has 1 amide bonds. The van der Waals surface area contributed by atoms with Crippen molar-refractivity contribution < 1.29 is 19.4 Å². The summed E-state index contributed by atoms with van der Waals surface area (Å²) >= 11 is 1.46. The van der Waals surface area contributed by atoms with E-state index in [4.69, 9.17) is 4.74 Å². The third-order valence-corrected chi connectivity index (χ3v) is 5.75. The first-order valence-electron chi connectivity index (χ1n) is 8.96. The first-order chi connectivity index (χ1) is 13.3. The van der Waals surface area contributed by atoms with Crippen molar-refractivity contribution in [1.82, 2.24) is 9.80 Å². The number of nitrogens with zero attached hydrogens (tertiary/aromatic N) is 2. The maximum atomic E-state index is 12.9. The molecule has 0 unspecified atom stereocenters. The summed E-state index contributed by atoms with van der Waals surface area (Å²) in [6.45, 7) is 2.86. The highest BCUT2D eigenvalue weighted by molar-refractivity contribution is 7.10. The second-order valence-electron chi connectivity index (χ2n) is 6.99. The summed E-state index contributed by atoms with van der Waals surface area (Å²) in [5.41, 5.74) is 1.42. The highest BCUT2D eigenvalue weighted by Crippen LogP contribution is 2.41. The Kier molecular flexibility index (Phi) is 5.86. The minimum absolute atomic E-state index is 0.138. The van der Waals surface area contributed by atoms with E-state index < -0.39 is 17.7 Å². The highest BCUT2D eigenvalue weighted by atomic mass is 32.1. The Morgan fingerprint density at radius 2 is 2.04 bits per heavy atom. The molecule has 148 valence electrons. The van der Waals surface area contributed by atoms with Gasteiger partial charge in [-0.15, -0.1) is 11.3 Å². The number of carbonyl (C=O) groups is 2. The molecule has 1 N–H and O–H groups in total. The lowest BCUT2D eigenvalue weighted by Crippen LogP contribution is -2.35. The average Bonchev–Trinajstić information content (AvgIpc) is 3.27. The van der Waals surface area contributed by atoms with Gasteiger partial charge in [-0.25, -0.2) is 0 Å². The molecule has 1 atom stereocenters. The molecule has 1 saturated heterocycles. The SMILES string of the molecule is COc1ccc(/C(O)=C2\C(=O)C(=O)N(CCN(C)C)[C@H]2c2cccs2)c(C)c1. The van der Waals surface area contributed by atoms with Crippen molar-refractivity contribution in [2.75, 3.05) is 34.3 Å². The lowest BCUT2D eigenvalue weighted by Gasteiger charge is -2.25. The highest BCUT2D eigenvalue weighted by Gasteiger charge is 2.46. The number of aryl methyl sites for hydroxylation is 1. The number of carbonyl (C=O) groups excluding carboxylic acids is 2. The Morgan fingerprint density at radius 3 is 2.61 bits per heavy atom. The molecule has 2 heterocycles. The van der Waals surface area contributed by atoms with E-state index in [0.29, 0.717) is 24.4 Å². The van der Waals surface area contributed by atoms with Crippen LogP contribution in [0.25, 0.3) is 5.76 Å². The zero-order valence-corrected chi connectivity index (χ0v) is 17.2. The predicted molar refractivity (Wildman–Crippen MR) is 110 cm³/mol. The molecule has 0 aliphatic carbocycles. The van der Waals surface area contributed by atoms with Crippen LogP contribution in [0.1, 0.15) is 22.0 Å². The molecule has 2 aromatic rings. The summed E-state index contributed by atoms with van der Waals surface area (Å²) in [6, 6.07) is 8.41. The number of likely N-dealkylation sites (N-methyl/N-ethyl adjacent to an activating group) is 1. The van der Waals surface area contributed by atoms with Crippen molar-refractivity contribution >= 4 is 28.8 Å². The number of hydrogen-bond acceptors (Lipinski definition) is 6. The zero-order chi connectivity index (χ0) is 20.4. The van der Waals surface area contributed by atoms with Gasteiger partial charge in [0.05, 0.1) is 18.7 Å². The van der Waals surface area contributed by atoms with E-state index in [-0.39, 0.29) is 11.3 Å². The fourth-order valence-electron chi connectivity index (χ4n) is 3.33. The molecule has 0 radical (unpaired) electrons. The van der Waals surface area contributed by atoms with Gasteiger partial charge in [-0.3, -0.25) is 9.59 Å². The van der Waals surface area contributed by atoms with Gasteiger partial charge in [0, 0.05) is 23.5 Å². The molecule has 1 aliphatic heterocycles. The van der Waals surface area contributed by atoms with E-state index in [2.05, 4.69) is 0 Å². The minimum Gasteiger partial charge on any atom is -0.507 e. The molecule has 0 bridgehead atoms. The minimum atomic E-state index is -0.648. The summed E-state index contributed by atoms with van der Waals surface area (Å²) in [5.74, 6) is -0.711. The van der Waals surface area contributed by atoms with E-state index in [1.807, 2.05) is 43.4 Å². The maximum absolute atomic E-state index is 12.9. The molecule has 1 aromatic carbocycles. The lowest BCUT2D eigenvalue weighted by atomic mass is 9.97. The number of methoxy groups -OCH3 is 1. The first-order valence-corrected chi connectivity index (χ1v) is 9.84. The van der Waals surface area contributed by atoms with Crippen LogP contribution >= 0.6 is 11.3 Å². The molecule has 3 rings (SSSR count). The van der Waals surface area contributed by atoms with Crippen molar-refractivity contribution in [3.63, 3.8) is 0 Å². The normalized spacial score (nSPS) is 18.9. The summed E-state index contributed by atoms with van der Waals surface area (Å²) in [4.78, 5) is 30.0. The number of rotatable bonds is 6. The number of ether oxygens (including phenoxy) is 1. The summed E-state index contributed by atoms with van der Waals surface area (Å²) in [5, 5.41) is 13.0. The number of amides is 1. The summed E-state index contributed by atoms with van der Waals surface area (Å²) < 4.78 is 5.21. The largest absolute Gasteiger partial charge is 0.507 e. The molecular formula is C21H24N2O4S. The molecule has 1 fully saturated rings. The van der Waals surface area contributed by atoms with Gasteiger partial charge in [0.15, 0.2) is 0 Å². The van der Waals surface area contributed by atoms with Crippen LogP contribution in [0, 0.1) is 6.92 Å². The lowest BCUT2D eigenvalue weighted by molar-refractivity contribution is -0.140. The standard InChI is InChI=1S/C21H24N2O4S/c1-13-12-14(27-4)7-8-15(13)19(24)17-18(16-6-5-11-28-16)23(10-9-22(2)3)21(26)20(17)25/h5-8,11-12,18,24H,9-10H2,1-4H3/b19-17+/t18-/m0/s1. The smallest absolute Gasteiger partial charge is 0.295 e. The third-order valence-electron chi connectivity index (χ3n) is 4.83. The number of aliphatic hydroxyl groups is 1. The third kappa shape index (κ3) is 3.68. The van der Waals surface area contributed by atoms with Crippen LogP contribution in [-0.2, 0) is 9.59 Å². The number of benzene rings is 1. The van der Waals surface area contributed by atoms with E-state index in [0.717, 1.165) is 10.4 Å². The van der Waals surface area contributed by atoms with Gasteiger partial charge in [-0.2, -0.15) is 0 Å². The van der Waals surface area contributed by atoms with E-state index in [1.165, 1.54) is 11.3 Å². The van der Waals surface area contributed by atoms with Crippen LogP contribution in [0.2, 0.25) is 0 Å². The fourth-order valence-corrected chi connectivity index (χ4v) is 4.18. The van der Waals surface area contributed by atoms with Crippen molar-refractivity contribution in [2.45, 2.75) is 13.0 Å². The zero-order valence-electron chi connectivity index (χ0n) is 16.4. The summed E-state index contributed by atoms with van der Waals surface area (Å²) in [7, 11) is 5.40. The first kappa shape index (κ1) is 20.1. The molecule has 0 spiro atoms. The second kappa shape index (κ2) is 8.16. The van der Waals surface area contributed by atoms with Gasteiger partial charge in [0.25, 0.3) is 11.7 Å². The number of likely N-dealkylation sites (tertiary alicyclic amines) is 1. The average molecular weight is 401 g/mol. The van der Waals surface area contributed by atoms with Gasteiger partial charge in [0.1, 0.15) is 11.5 Å². The van der Waals surface area contributed by atoms with E-state index >= 15 is 0 Å². The Morgan fingerprint density at radius 1 is 1.29 bits per heavy atom. The van der Waals surface area contributed by atoms with Gasteiger partial charge in [-0.1, -0.05) is 6.07 Å². The molecule has 1 aliphatic rings. The molecule has 1 aromatic heterocycles. The summed E-state index contributed by atoms with van der Waals surface area (Å²) in [6.07, 6.45) is 0. The van der Waals surface area contributed by atoms with Crippen molar-refractivity contribution in [1.29, 1.82) is 0 Å². The van der Waals surface area contributed by atoms with Crippen LogP contribution < -0.4 is 4.74 Å². The molecule has 28 heavy (non-hydrogen) atoms. The van der Waals surface area contributed by atoms with Gasteiger partial charge in [-0.05, 0) is 56.2 Å². The number of hydrogen-bond donors (Lipinski definition) is 1. The van der Waals surface area contributed by atoms with Crippen LogP contribution in [0.15, 0.2) is 41.3 Å². The molecule has 6 nitrogen and oxygen atoms in total. The second-order valence-corrected chi connectivity index (χ2v) is 7.97. The maximum Gasteiger partial charge on any atom is 0.295 e. The topological polar surface area (TPSA) is 70.1 Å². The van der Waals surface area contributed by atoms with Crippen LogP contribution in [0.5, 0.6) is 5.75 Å². The van der Waals surface area contributed by atoms with Gasteiger partial charge >= 0.3 is 0 Å². The Balaban J connectivity index is 2.12. The van der Waals surface area contributed by atoms with Crippen LogP contribution in [0.4, 0.5) is 0 Å². The monoisotopic (exact) mass is 400 g/mol. The van der Waals surface area contributed by atoms with Crippen LogP contribution in [-0.4, -0.2) is 60.9 Å². The molecular weight excluding hydrogens is 376 g/mol. The molecule has 7 heteroatoms. The number of thiophene rings is 1. The van der Waals surface area contributed by atoms with Crippen molar-refractivity contribution in [3.05, 3.63) is 57.3 Å². The van der Waals surface area contributed by atoms with Crippen molar-refractivity contribution in [2.24, 2.45) is 0 Å². The Hall–Kier alpha value is -2.64. The number of aliphatic hydroxyl groups excluding tert-OH is 1. The Labute approximate surface area is 168 Å². The van der Waals surface area contributed by atoms with E-state index in [9.17, 15) is 14.7 Å². The van der Waals surface area contributed by atoms with Crippen molar-refractivity contribution in [3.8, 4) is 5.75 Å². The van der Waals surface area contributed by atoms with Gasteiger partial charge < -0.3 is 19.6 Å². The van der Waals surface area contributed by atoms with Gasteiger partial charge in [0.2, 0.25) is 0 Å². The fraction of sp³-hybridized carbons (Fsp3) is 0.333. The Bertz CT molecular complexity index is 918. The van der Waals surface area contributed by atoms with E-state index in [1.54, 1.807) is 30.2 Å². The number of Topliss-reactive ketones (excluding diaryl/α,β-unsaturated/α-hetero) is 1. The molecule has 0 saturated carbocycles. The number of ketones is 1. The van der Waals surface area contributed by atoms with Crippen LogP contribution in [0.3, 0.4) is 0 Å².